The van der Waals surface area contributed by atoms with Crippen molar-refractivity contribution in [3.8, 4) is 0 Å². The minimum absolute atomic E-state index is 0.168. The molecule has 22 heavy (non-hydrogen) atoms. The summed E-state index contributed by atoms with van der Waals surface area (Å²) in [4.78, 5) is 27.6. The number of carbonyl (C=O) groups excluding carboxylic acids is 2. The predicted molar refractivity (Wildman–Crippen MR) is 79.6 cm³/mol. The van der Waals surface area contributed by atoms with Gasteiger partial charge in [-0.2, -0.15) is 0 Å². The zero-order chi connectivity index (χ0) is 16.3. The minimum Gasteiger partial charge on any atom is -0.356 e. The molecule has 1 aliphatic heterocycles. The molecule has 0 saturated carbocycles. The highest BCUT2D eigenvalue weighted by atomic mass is 19.1. The molecule has 0 aromatic heterocycles. The molecule has 1 aromatic rings. The number of hydrogen-bond acceptors (Lipinski definition) is 3. The van der Waals surface area contributed by atoms with Gasteiger partial charge in [-0.15, -0.1) is 0 Å². The number of likely N-dealkylation sites (N-methyl/N-ethyl adjacent to an activating group) is 2. The number of halogens is 1. The molecule has 1 saturated heterocycles. The molecular weight excluding hydrogens is 287 g/mol. The van der Waals surface area contributed by atoms with Gasteiger partial charge in [0.2, 0.25) is 5.91 Å². The Bertz CT molecular complexity index is 560. The van der Waals surface area contributed by atoms with E-state index >= 15 is 0 Å². The van der Waals surface area contributed by atoms with Crippen molar-refractivity contribution in [3.05, 3.63) is 35.6 Å². The zero-order valence-electron chi connectivity index (χ0n) is 13.1. The quantitative estimate of drug-likeness (QED) is 0.849. The van der Waals surface area contributed by atoms with Crippen LogP contribution < -0.4 is 0 Å². The number of rotatable bonds is 4. The van der Waals surface area contributed by atoms with Crippen LogP contribution in [-0.2, 0) is 14.3 Å². The fraction of sp³-hybridized carbons (Fsp3) is 0.500. The Kier molecular flexibility index (Phi) is 5.13. The van der Waals surface area contributed by atoms with Gasteiger partial charge in [-0.05, 0) is 19.9 Å². The summed E-state index contributed by atoms with van der Waals surface area (Å²) >= 11 is 0. The molecule has 2 rings (SSSR count). The van der Waals surface area contributed by atoms with Crippen molar-refractivity contribution in [1.82, 2.24) is 9.80 Å². The van der Waals surface area contributed by atoms with E-state index in [0.29, 0.717) is 18.7 Å². The Hall–Kier alpha value is -1.95. The topological polar surface area (TPSA) is 49.9 Å². The fourth-order valence-electron chi connectivity index (χ4n) is 2.72. The highest BCUT2D eigenvalue weighted by molar-refractivity contribution is 5.86. The molecule has 1 fully saturated rings. The third-order valence-corrected chi connectivity index (χ3v) is 4.03. The van der Waals surface area contributed by atoms with Crippen LogP contribution in [0.25, 0.3) is 0 Å². The molecule has 0 N–H and O–H groups in total. The van der Waals surface area contributed by atoms with E-state index in [4.69, 9.17) is 4.74 Å². The van der Waals surface area contributed by atoms with Gasteiger partial charge in [0.15, 0.2) is 6.10 Å². The molecule has 0 unspecified atom stereocenters. The number of morpholine rings is 1. The van der Waals surface area contributed by atoms with E-state index in [9.17, 15) is 14.0 Å². The molecule has 0 spiro atoms. The minimum atomic E-state index is -0.889. The average molecular weight is 308 g/mol. The Morgan fingerprint density at radius 3 is 2.59 bits per heavy atom. The maximum Gasteiger partial charge on any atom is 0.254 e. The molecule has 0 radical (unpaired) electrons. The Morgan fingerprint density at radius 2 is 2.00 bits per heavy atom. The predicted octanol–water partition coefficient (Wildman–Crippen LogP) is 1.59. The van der Waals surface area contributed by atoms with Gasteiger partial charge in [0, 0.05) is 25.7 Å². The molecule has 1 aromatic carbocycles. The first-order valence-electron chi connectivity index (χ1n) is 7.41. The third kappa shape index (κ3) is 2.97. The van der Waals surface area contributed by atoms with Crippen molar-refractivity contribution in [2.75, 3.05) is 26.7 Å². The van der Waals surface area contributed by atoms with Gasteiger partial charge in [-0.3, -0.25) is 9.59 Å². The number of amides is 2. The average Bonchev–Trinajstić information content (AvgIpc) is 2.52. The van der Waals surface area contributed by atoms with Crippen molar-refractivity contribution in [2.24, 2.45) is 0 Å². The molecule has 0 bridgehead atoms. The molecule has 1 heterocycles. The number of ether oxygens (including phenoxy) is 1. The van der Waals surface area contributed by atoms with Gasteiger partial charge >= 0.3 is 0 Å². The lowest BCUT2D eigenvalue weighted by Crippen LogP contribution is -2.54. The molecule has 2 atom stereocenters. The number of carbonyl (C=O) groups is 2. The molecular formula is C16H21FN2O3. The van der Waals surface area contributed by atoms with Crippen LogP contribution in [0.3, 0.4) is 0 Å². The Balaban J connectivity index is 2.40. The first-order chi connectivity index (χ1) is 10.5. The number of nitrogens with zero attached hydrogens (tertiary/aromatic N) is 2. The Labute approximate surface area is 129 Å². The second kappa shape index (κ2) is 6.87. The maximum atomic E-state index is 14.2. The van der Waals surface area contributed by atoms with Crippen molar-refractivity contribution in [1.29, 1.82) is 0 Å². The van der Waals surface area contributed by atoms with E-state index in [1.54, 1.807) is 30.1 Å². The van der Waals surface area contributed by atoms with Crippen LogP contribution in [0, 0.1) is 5.82 Å². The lowest BCUT2D eigenvalue weighted by molar-refractivity contribution is -0.167. The maximum absolute atomic E-state index is 14.2. The normalized spacial score (nSPS) is 21.8. The van der Waals surface area contributed by atoms with Crippen LogP contribution in [0.4, 0.5) is 4.39 Å². The van der Waals surface area contributed by atoms with E-state index in [1.165, 1.54) is 11.0 Å². The van der Waals surface area contributed by atoms with Crippen LogP contribution in [-0.4, -0.2) is 54.5 Å². The molecule has 1 aliphatic rings. The number of hydrogen-bond donors (Lipinski definition) is 0. The summed E-state index contributed by atoms with van der Waals surface area (Å²) in [6.45, 7) is 4.65. The van der Waals surface area contributed by atoms with Gasteiger partial charge in [0.25, 0.3) is 5.91 Å². The fourth-order valence-corrected chi connectivity index (χ4v) is 2.72. The first kappa shape index (κ1) is 16.4. The van der Waals surface area contributed by atoms with Gasteiger partial charge in [-0.1, -0.05) is 18.2 Å². The second-order valence-corrected chi connectivity index (χ2v) is 5.21. The van der Waals surface area contributed by atoms with Crippen molar-refractivity contribution >= 4 is 11.8 Å². The molecule has 2 amide bonds. The zero-order valence-corrected chi connectivity index (χ0v) is 13.1. The summed E-state index contributed by atoms with van der Waals surface area (Å²) < 4.78 is 19.6. The van der Waals surface area contributed by atoms with E-state index in [2.05, 4.69) is 0 Å². The van der Waals surface area contributed by atoms with Crippen LogP contribution in [0.1, 0.15) is 25.5 Å². The van der Waals surface area contributed by atoms with Crippen LogP contribution in [0.5, 0.6) is 0 Å². The van der Waals surface area contributed by atoms with Crippen LogP contribution in [0.2, 0.25) is 0 Å². The van der Waals surface area contributed by atoms with Gasteiger partial charge in [0.1, 0.15) is 12.4 Å². The lowest BCUT2D eigenvalue weighted by atomic mass is 9.96. The van der Waals surface area contributed by atoms with Crippen LogP contribution in [0.15, 0.2) is 24.3 Å². The second-order valence-electron chi connectivity index (χ2n) is 5.21. The summed E-state index contributed by atoms with van der Waals surface area (Å²) in [5.41, 5.74) is 0.295. The Morgan fingerprint density at radius 1 is 1.36 bits per heavy atom. The molecule has 5 nitrogen and oxygen atoms in total. The highest BCUT2D eigenvalue weighted by Crippen LogP contribution is 2.31. The standard InChI is InChI=1S/C16H21FN2O3/c1-4-19(5-2)16(21)15-14(18(3)13(20)10-22-15)11-8-6-7-9-12(11)17/h6-9,14-15H,4-5,10H2,1-3H3/t14-,15-/m1/s1. The summed E-state index contributed by atoms with van der Waals surface area (Å²) in [6.07, 6.45) is -0.889. The van der Waals surface area contributed by atoms with Crippen LogP contribution >= 0.6 is 0 Å². The summed E-state index contributed by atoms with van der Waals surface area (Å²) in [5, 5.41) is 0. The van der Waals surface area contributed by atoms with E-state index in [-0.39, 0.29) is 18.4 Å². The van der Waals surface area contributed by atoms with Crippen molar-refractivity contribution < 1.29 is 18.7 Å². The molecule has 0 aliphatic carbocycles. The monoisotopic (exact) mass is 308 g/mol. The largest absolute Gasteiger partial charge is 0.356 e. The van der Waals surface area contributed by atoms with E-state index in [1.807, 2.05) is 13.8 Å². The SMILES string of the molecule is CCN(CC)C(=O)[C@@H]1OCC(=O)N(C)[C@@H]1c1ccccc1F. The van der Waals surface area contributed by atoms with Gasteiger partial charge < -0.3 is 14.5 Å². The van der Waals surface area contributed by atoms with E-state index in [0.717, 1.165) is 0 Å². The van der Waals surface area contributed by atoms with Crippen molar-refractivity contribution in [3.63, 3.8) is 0 Å². The molecule has 120 valence electrons. The smallest absolute Gasteiger partial charge is 0.254 e. The number of benzene rings is 1. The first-order valence-corrected chi connectivity index (χ1v) is 7.41. The summed E-state index contributed by atoms with van der Waals surface area (Å²) in [6, 6.07) is 5.41. The molecule has 6 heteroatoms. The lowest BCUT2D eigenvalue weighted by Gasteiger charge is -2.40. The van der Waals surface area contributed by atoms with Gasteiger partial charge in [0.05, 0.1) is 6.04 Å². The highest BCUT2D eigenvalue weighted by Gasteiger charge is 2.42. The van der Waals surface area contributed by atoms with Crippen molar-refractivity contribution in [2.45, 2.75) is 26.0 Å². The third-order valence-electron chi connectivity index (χ3n) is 4.03. The summed E-state index contributed by atoms with van der Waals surface area (Å²) in [5.74, 6) is -0.940. The van der Waals surface area contributed by atoms with Gasteiger partial charge in [-0.25, -0.2) is 4.39 Å². The summed E-state index contributed by atoms with van der Waals surface area (Å²) in [7, 11) is 1.57. The van der Waals surface area contributed by atoms with E-state index < -0.39 is 18.0 Å².